The number of hydrogen-bond acceptors (Lipinski definition) is 3. The molecule has 3 N–H and O–H groups in total. The summed E-state index contributed by atoms with van der Waals surface area (Å²) >= 11 is 6.15. The molecular formula is C21H28ClN5. The normalized spacial score (nSPS) is 15.3. The van der Waals surface area contributed by atoms with Crippen molar-refractivity contribution in [2.75, 3.05) is 32.0 Å². The van der Waals surface area contributed by atoms with Crippen molar-refractivity contribution < 1.29 is 0 Å². The highest BCUT2D eigenvalue weighted by Crippen LogP contribution is 2.48. The van der Waals surface area contributed by atoms with Gasteiger partial charge in [0.2, 0.25) is 0 Å². The maximum absolute atomic E-state index is 6.15. The van der Waals surface area contributed by atoms with Crippen LogP contribution in [-0.2, 0) is 5.41 Å². The number of nitrogens with one attached hydrogen (secondary N) is 3. The minimum absolute atomic E-state index is 0.203. The summed E-state index contributed by atoms with van der Waals surface area (Å²) in [6.07, 6.45) is 6.33. The molecule has 0 radical (unpaired) electrons. The number of hydrogen-bond donors (Lipinski definition) is 3. The lowest BCUT2D eigenvalue weighted by molar-refractivity contribution is 0.639. The Labute approximate surface area is 166 Å². The number of anilines is 1. The van der Waals surface area contributed by atoms with Crippen molar-refractivity contribution in [3.63, 3.8) is 0 Å². The van der Waals surface area contributed by atoms with Crippen LogP contribution in [0.4, 0.5) is 5.82 Å². The molecule has 6 heteroatoms. The topological polar surface area (TPSA) is 61.3 Å². The number of guanidine groups is 1. The zero-order valence-corrected chi connectivity index (χ0v) is 16.6. The second-order valence-corrected chi connectivity index (χ2v) is 7.43. The number of aliphatic imine (C=N–C) groups is 1. The van der Waals surface area contributed by atoms with Gasteiger partial charge in [0.1, 0.15) is 5.82 Å². The van der Waals surface area contributed by atoms with E-state index in [1.165, 1.54) is 18.4 Å². The fraction of sp³-hybridized carbons (Fsp3) is 0.429. The van der Waals surface area contributed by atoms with Crippen molar-refractivity contribution in [1.29, 1.82) is 0 Å². The third-order valence-electron chi connectivity index (χ3n) is 4.98. The molecule has 144 valence electrons. The number of unbranched alkanes of at least 4 members (excludes halogenated alkanes) is 1. The van der Waals surface area contributed by atoms with E-state index in [2.05, 4.69) is 38.1 Å². The van der Waals surface area contributed by atoms with Crippen molar-refractivity contribution in [2.24, 2.45) is 4.99 Å². The number of aromatic nitrogens is 1. The van der Waals surface area contributed by atoms with Crippen molar-refractivity contribution in [3.8, 4) is 0 Å². The maximum Gasteiger partial charge on any atom is 0.191 e. The molecular weight excluding hydrogens is 358 g/mol. The first kappa shape index (κ1) is 19.5. The molecule has 0 saturated heterocycles. The fourth-order valence-electron chi connectivity index (χ4n) is 3.15. The summed E-state index contributed by atoms with van der Waals surface area (Å²) in [5, 5.41) is 11.0. The van der Waals surface area contributed by atoms with E-state index in [1.54, 1.807) is 6.20 Å². The lowest BCUT2D eigenvalue weighted by atomic mass is 9.96. The molecule has 0 amide bonds. The number of pyridine rings is 1. The van der Waals surface area contributed by atoms with Crippen LogP contribution < -0.4 is 16.0 Å². The van der Waals surface area contributed by atoms with Crippen LogP contribution in [0.2, 0.25) is 5.02 Å². The van der Waals surface area contributed by atoms with Gasteiger partial charge in [-0.25, -0.2) is 4.98 Å². The zero-order chi connectivity index (χ0) is 19.0. The average molecular weight is 386 g/mol. The average Bonchev–Trinajstić information content (AvgIpc) is 3.49. The van der Waals surface area contributed by atoms with Gasteiger partial charge in [0, 0.05) is 43.3 Å². The molecule has 1 heterocycles. The molecule has 0 aliphatic heterocycles. The quantitative estimate of drug-likeness (QED) is 0.349. The third kappa shape index (κ3) is 5.86. The van der Waals surface area contributed by atoms with Crippen LogP contribution in [0.3, 0.4) is 0 Å². The number of benzene rings is 1. The Morgan fingerprint density at radius 1 is 1.11 bits per heavy atom. The molecule has 2 aromatic rings. The van der Waals surface area contributed by atoms with Crippen LogP contribution >= 0.6 is 11.6 Å². The lowest BCUT2D eigenvalue weighted by Crippen LogP contribution is -2.41. The highest BCUT2D eigenvalue weighted by Gasteiger charge is 2.44. The standard InChI is InChI=1S/C21H28ClN5/c1-23-20(26-14-5-4-13-25-19-9-2-3-12-24-19)27-16-21(10-11-21)17-7-6-8-18(22)15-17/h2-3,6-9,12,15H,4-5,10-11,13-14,16H2,1H3,(H,24,25)(H2,23,26,27). The van der Waals surface area contributed by atoms with Gasteiger partial charge in [0.15, 0.2) is 5.96 Å². The minimum Gasteiger partial charge on any atom is -0.370 e. The van der Waals surface area contributed by atoms with Crippen LogP contribution in [0, 0.1) is 0 Å². The van der Waals surface area contributed by atoms with Gasteiger partial charge in [-0.1, -0.05) is 29.8 Å². The van der Waals surface area contributed by atoms with E-state index >= 15 is 0 Å². The first-order valence-electron chi connectivity index (χ1n) is 9.57. The number of rotatable bonds is 9. The molecule has 3 rings (SSSR count). The van der Waals surface area contributed by atoms with Crippen molar-refractivity contribution in [1.82, 2.24) is 15.6 Å². The van der Waals surface area contributed by atoms with Gasteiger partial charge >= 0.3 is 0 Å². The van der Waals surface area contributed by atoms with Crippen LogP contribution in [0.5, 0.6) is 0 Å². The Morgan fingerprint density at radius 2 is 1.96 bits per heavy atom. The Morgan fingerprint density at radius 3 is 2.67 bits per heavy atom. The van der Waals surface area contributed by atoms with Crippen LogP contribution in [-0.4, -0.2) is 37.6 Å². The highest BCUT2D eigenvalue weighted by molar-refractivity contribution is 6.30. The van der Waals surface area contributed by atoms with Crippen molar-refractivity contribution in [2.45, 2.75) is 31.1 Å². The predicted molar refractivity (Wildman–Crippen MR) is 114 cm³/mol. The molecule has 5 nitrogen and oxygen atoms in total. The smallest absolute Gasteiger partial charge is 0.191 e. The summed E-state index contributed by atoms with van der Waals surface area (Å²) in [6, 6.07) is 14.1. The highest BCUT2D eigenvalue weighted by atomic mass is 35.5. The van der Waals surface area contributed by atoms with Gasteiger partial charge in [-0.2, -0.15) is 0 Å². The summed E-state index contributed by atoms with van der Waals surface area (Å²) in [5.74, 6) is 1.79. The summed E-state index contributed by atoms with van der Waals surface area (Å²) in [4.78, 5) is 8.60. The second-order valence-electron chi connectivity index (χ2n) is 6.99. The van der Waals surface area contributed by atoms with Gasteiger partial charge in [0.05, 0.1) is 0 Å². The SMILES string of the molecule is CN=C(NCCCCNc1ccccn1)NCC1(c2cccc(Cl)c2)CC1. The van der Waals surface area contributed by atoms with Crippen LogP contribution in [0.1, 0.15) is 31.2 Å². The molecule has 1 aromatic carbocycles. The fourth-order valence-corrected chi connectivity index (χ4v) is 3.34. The lowest BCUT2D eigenvalue weighted by Gasteiger charge is -2.19. The zero-order valence-electron chi connectivity index (χ0n) is 15.8. The molecule has 0 atom stereocenters. The van der Waals surface area contributed by atoms with E-state index < -0.39 is 0 Å². The van der Waals surface area contributed by atoms with Crippen LogP contribution in [0.15, 0.2) is 53.7 Å². The van der Waals surface area contributed by atoms with Gasteiger partial charge in [0.25, 0.3) is 0 Å². The van der Waals surface area contributed by atoms with Crippen molar-refractivity contribution >= 4 is 23.4 Å². The Hall–Kier alpha value is -2.27. The second kappa shape index (κ2) is 9.60. The summed E-state index contributed by atoms with van der Waals surface area (Å²) < 4.78 is 0. The van der Waals surface area contributed by atoms with Gasteiger partial charge in [-0.15, -0.1) is 0 Å². The van der Waals surface area contributed by atoms with Gasteiger partial charge in [-0.05, 0) is 55.5 Å². The molecule has 0 unspecified atom stereocenters. The molecule has 27 heavy (non-hydrogen) atoms. The Bertz CT molecular complexity index is 743. The molecule has 1 aliphatic rings. The molecule has 1 saturated carbocycles. The molecule has 1 aliphatic carbocycles. The van der Waals surface area contributed by atoms with Gasteiger partial charge in [-0.3, -0.25) is 4.99 Å². The molecule has 1 aromatic heterocycles. The minimum atomic E-state index is 0.203. The van der Waals surface area contributed by atoms with E-state index in [1.807, 2.05) is 37.4 Å². The van der Waals surface area contributed by atoms with E-state index in [0.717, 1.165) is 49.3 Å². The summed E-state index contributed by atoms with van der Waals surface area (Å²) in [7, 11) is 1.82. The summed E-state index contributed by atoms with van der Waals surface area (Å²) in [5.41, 5.74) is 1.52. The predicted octanol–water partition coefficient (Wildman–Crippen LogP) is 3.82. The molecule has 0 spiro atoms. The van der Waals surface area contributed by atoms with Crippen LogP contribution in [0.25, 0.3) is 0 Å². The first-order chi connectivity index (χ1) is 13.2. The molecule has 1 fully saturated rings. The van der Waals surface area contributed by atoms with Gasteiger partial charge < -0.3 is 16.0 Å². The van der Waals surface area contributed by atoms with E-state index in [0.29, 0.717) is 0 Å². The third-order valence-corrected chi connectivity index (χ3v) is 5.21. The van der Waals surface area contributed by atoms with E-state index in [4.69, 9.17) is 11.6 Å². The van der Waals surface area contributed by atoms with E-state index in [-0.39, 0.29) is 5.41 Å². The van der Waals surface area contributed by atoms with E-state index in [9.17, 15) is 0 Å². The molecule has 0 bridgehead atoms. The monoisotopic (exact) mass is 385 g/mol. The largest absolute Gasteiger partial charge is 0.370 e. The first-order valence-corrected chi connectivity index (χ1v) is 9.95. The number of nitrogens with zero attached hydrogens (tertiary/aromatic N) is 2. The van der Waals surface area contributed by atoms with Crippen molar-refractivity contribution in [3.05, 3.63) is 59.2 Å². The summed E-state index contributed by atoms with van der Waals surface area (Å²) in [6.45, 7) is 2.70. The Kier molecular flexibility index (Phi) is 6.93. The maximum atomic E-state index is 6.15. The Balaban J connectivity index is 1.34. The number of halogens is 1.